The maximum Gasteiger partial charge on any atom is 0.229 e. The molecular formula is C9H15N3O3S. The Morgan fingerprint density at radius 1 is 1.50 bits per heavy atom. The lowest BCUT2D eigenvalue weighted by Crippen LogP contribution is -2.19. The SMILES string of the molecule is CS(=O)(=O)Nc1cnn(C2CCOCC2)c1. The number of nitrogens with zero attached hydrogens (tertiary/aromatic N) is 2. The quantitative estimate of drug-likeness (QED) is 0.846. The van der Waals surface area contributed by atoms with Crippen LogP contribution in [0, 0.1) is 0 Å². The molecule has 6 nitrogen and oxygen atoms in total. The molecule has 1 aliphatic rings. The van der Waals surface area contributed by atoms with E-state index in [0.717, 1.165) is 32.3 Å². The number of hydrogen-bond acceptors (Lipinski definition) is 4. The topological polar surface area (TPSA) is 73.2 Å². The van der Waals surface area contributed by atoms with E-state index in [-0.39, 0.29) is 0 Å². The highest BCUT2D eigenvalue weighted by atomic mass is 32.2. The molecule has 0 aliphatic carbocycles. The van der Waals surface area contributed by atoms with E-state index in [2.05, 4.69) is 9.82 Å². The zero-order valence-electron chi connectivity index (χ0n) is 9.09. The minimum atomic E-state index is -3.22. The molecule has 1 fully saturated rings. The van der Waals surface area contributed by atoms with Gasteiger partial charge in [-0.15, -0.1) is 0 Å². The van der Waals surface area contributed by atoms with E-state index >= 15 is 0 Å². The molecule has 0 atom stereocenters. The summed E-state index contributed by atoms with van der Waals surface area (Å²) in [6, 6.07) is 0.309. The van der Waals surface area contributed by atoms with Gasteiger partial charge in [-0.2, -0.15) is 5.10 Å². The van der Waals surface area contributed by atoms with E-state index < -0.39 is 10.0 Å². The summed E-state index contributed by atoms with van der Waals surface area (Å²) >= 11 is 0. The van der Waals surface area contributed by atoms with Gasteiger partial charge in [-0.3, -0.25) is 9.40 Å². The normalized spacial score (nSPS) is 18.6. The third-order valence-electron chi connectivity index (χ3n) is 2.47. The van der Waals surface area contributed by atoms with Gasteiger partial charge in [-0.25, -0.2) is 8.42 Å². The molecule has 2 heterocycles. The first-order valence-corrected chi connectivity index (χ1v) is 7.03. The fourth-order valence-electron chi connectivity index (χ4n) is 1.75. The van der Waals surface area contributed by atoms with Crippen molar-refractivity contribution in [1.29, 1.82) is 0 Å². The van der Waals surface area contributed by atoms with Gasteiger partial charge in [0, 0.05) is 19.4 Å². The highest BCUT2D eigenvalue weighted by Crippen LogP contribution is 2.21. The molecule has 1 aliphatic heterocycles. The van der Waals surface area contributed by atoms with Crippen LogP contribution in [-0.4, -0.2) is 37.7 Å². The molecule has 0 unspecified atom stereocenters. The number of aromatic nitrogens is 2. The van der Waals surface area contributed by atoms with E-state index in [1.165, 1.54) is 6.20 Å². The van der Waals surface area contributed by atoms with Crippen LogP contribution in [0.4, 0.5) is 5.69 Å². The van der Waals surface area contributed by atoms with Crippen LogP contribution in [0.3, 0.4) is 0 Å². The van der Waals surface area contributed by atoms with Gasteiger partial charge < -0.3 is 4.74 Å². The Bertz CT molecular complexity index is 448. The fraction of sp³-hybridized carbons (Fsp3) is 0.667. The lowest BCUT2D eigenvalue weighted by molar-refractivity contribution is 0.0662. The average Bonchev–Trinajstić information content (AvgIpc) is 2.65. The van der Waals surface area contributed by atoms with Crippen molar-refractivity contribution in [1.82, 2.24) is 9.78 Å². The lowest BCUT2D eigenvalue weighted by Gasteiger charge is -2.22. The maximum atomic E-state index is 11.0. The Balaban J connectivity index is 2.06. The zero-order valence-corrected chi connectivity index (χ0v) is 9.90. The summed E-state index contributed by atoms with van der Waals surface area (Å²) < 4.78 is 31.5. The van der Waals surface area contributed by atoms with E-state index in [4.69, 9.17) is 4.74 Å². The van der Waals surface area contributed by atoms with Gasteiger partial charge in [0.2, 0.25) is 10.0 Å². The second-order valence-corrected chi connectivity index (χ2v) is 5.68. The number of nitrogens with one attached hydrogen (secondary N) is 1. The Morgan fingerprint density at radius 3 is 2.81 bits per heavy atom. The van der Waals surface area contributed by atoms with Gasteiger partial charge in [0.25, 0.3) is 0 Å². The van der Waals surface area contributed by atoms with Crippen LogP contribution < -0.4 is 4.72 Å². The van der Waals surface area contributed by atoms with Gasteiger partial charge >= 0.3 is 0 Å². The van der Waals surface area contributed by atoms with Gasteiger partial charge in [0.1, 0.15) is 0 Å². The van der Waals surface area contributed by atoms with Gasteiger partial charge in [-0.1, -0.05) is 0 Å². The largest absolute Gasteiger partial charge is 0.381 e. The summed E-state index contributed by atoms with van der Waals surface area (Å²) in [5.74, 6) is 0. The predicted molar refractivity (Wildman–Crippen MR) is 59.8 cm³/mol. The summed E-state index contributed by atoms with van der Waals surface area (Å²) in [5, 5.41) is 4.16. The van der Waals surface area contributed by atoms with E-state index in [1.807, 2.05) is 0 Å². The zero-order chi connectivity index (χ0) is 11.6. The molecule has 90 valence electrons. The first-order chi connectivity index (χ1) is 7.54. The molecule has 2 rings (SSSR count). The van der Waals surface area contributed by atoms with Crippen molar-refractivity contribution in [2.75, 3.05) is 24.2 Å². The Morgan fingerprint density at radius 2 is 2.19 bits per heavy atom. The van der Waals surface area contributed by atoms with Crippen LogP contribution >= 0.6 is 0 Å². The summed E-state index contributed by atoms with van der Waals surface area (Å²) in [6.45, 7) is 1.47. The molecule has 1 N–H and O–H groups in total. The van der Waals surface area contributed by atoms with Crippen molar-refractivity contribution >= 4 is 15.7 Å². The van der Waals surface area contributed by atoms with E-state index in [9.17, 15) is 8.42 Å². The minimum absolute atomic E-state index is 0.309. The molecule has 0 radical (unpaired) electrons. The van der Waals surface area contributed by atoms with Crippen LogP contribution in [-0.2, 0) is 14.8 Å². The number of hydrogen-bond donors (Lipinski definition) is 1. The molecule has 0 saturated carbocycles. The smallest absolute Gasteiger partial charge is 0.229 e. The average molecular weight is 245 g/mol. The van der Waals surface area contributed by atoms with Crippen molar-refractivity contribution in [3.05, 3.63) is 12.4 Å². The molecule has 1 aromatic rings. The second-order valence-electron chi connectivity index (χ2n) is 3.93. The van der Waals surface area contributed by atoms with Gasteiger partial charge in [0.15, 0.2) is 0 Å². The molecule has 0 spiro atoms. The van der Waals surface area contributed by atoms with Crippen molar-refractivity contribution < 1.29 is 13.2 Å². The first-order valence-electron chi connectivity index (χ1n) is 5.14. The Labute approximate surface area is 94.6 Å². The van der Waals surface area contributed by atoms with Crippen LogP contribution in [0.1, 0.15) is 18.9 Å². The standard InChI is InChI=1S/C9H15N3O3S/c1-16(13,14)11-8-6-10-12(7-8)9-2-4-15-5-3-9/h6-7,9,11H,2-5H2,1H3. The van der Waals surface area contributed by atoms with E-state index in [1.54, 1.807) is 10.9 Å². The molecule has 0 amide bonds. The number of ether oxygens (including phenoxy) is 1. The molecular weight excluding hydrogens is 230 g/mol. The van der Waals surface area contributed by atoms with Crippen molar-refractivity contribution in [3.8, 4) is 0 Å². The van der Waals surface area contributed by atoms with Crippen LogP contribution in [0.15, 0.2) is 12.4 Å². The van der Waals surface area contributed by atoms with Crippen LogP contribution in [0.5, 0.6) is 0 Å². The lowest BCUT2D eigenvalue weighted by atomic mass is 10.1. The monoisotopic (exact) mass is 245 g/mol. The highest BCUT2D eigenvalue weighted by Gasteiger charge is 2.16. The maximum absolute atomic E-state index is 11.0. The Kier molecular flexibility index (Phi) is 3.15. The van der Waals surface area contributed by atoms with Crippen LogP contribution in [0.25, 0.3) is 0 Å². The third kappa shape index (κ3) is 2.96. The number of rotatable bonds is 3. The van der Waals surface area contributed by atoms with E-state index in [0.29, 0.717) is 11.7 Å². The minimum Gasteiger partial charge on any atom is -0.381 e. The van der Waals surface area contributed by atoms with Crippen molar-refractivity contribution in [2.24, 2.45) is 0 Å². The molecule has 7 heteroatoms. The molecule has 1 aromatic heterocycles. The third-order valence-corrected chi connectivity index (χ3v) is 3.08. The molecule has 1 saturated heterocycles. The van der Waals surface area contributed by atoms with Crippen molar-refractivity contribution in [3.63, 3.8) is 0 Å². The first kappa shape index (κ1) is 11.4. The number of sulfonamides is 1. The van der Waals surface area contributed by atoms with Crippen LogP contribution in [0.2, 0.25) is 0 Å². The second kappa shape index (κ2) is 4.42. The summed E-state index contributed by atoms with van der Waals surface area (Å²) in [4.78, 5) is 0. The molecule has 0 aromatic carbocycles. The Hall–Kier alpha value is -1.08. The fourth-order valence-corrected chi connectivity index (χ4v) is 2.29. The summed E-state index contributed by atoms with van der Waals surface area (Å²) in [7, 11) is -3.22. The molecule has 16 heavy (non-hydrogen) atoms. The summed E-state index contributed by atoms with van der Waals surface area (Å²) in [5.41, 5.74) is 0.508. The predicted octanol–water partition coefficient (Wildman–Crippen LogP) is 0.606. The van der Waals surface area contributed by atoms with Gasteiger partial charge in [0.05, 0.1) is 24.2 Å². The van der Waals surface area contributed by atoms with Crippen molar-refractivity contribution in [2.45, 2.75) is 18.9 Å². The number of anilines is 1. The summed E-state index contributed by atoms with van der Waals surface area (Å²) in [6.07, 6.45) is 6.20. The van der Waals surface area contributed by atoms with Gasteiger partial charge in [-0.05, 0) is 12.8 Å². The molecule has 0 bridgehead atoms. The highest BCUT2D eigenvalue weighted by molar-refractivity contribution is 7.92.